The molecule has 3 aromatic rings. The summed E-state index contributed by atoms with van der Waals surface area (Å²) >= 11 is 1.53. The van der Waals surface area contributed by atoms with Gasteiger partial charge in [0, 0.05) is 36.3 Å². The van der Waals surface area contributed by atoms with Gasteiger partial charge in [-0.15, -0.1) is 11.3 Å². The van der Waals surface area contributed by atoms with Crippen LogP contribution >= 0.6 is 11.3 Å². The maximum Gasteiger partial charge on any atom is 0.240 e. The van der Waals surface area contributed by atoms with Crippen molar-refractivity contribution in [2.24, 2.45) is 0 Å². The fourth-order valence-corrected chi connectivity index (χ4v) is 4.09. The number of ether oxygens (including phenoxy) is 1. The Morgan fingerprint density at radius 2 is 1.84 bits per heavy atom. The SMILES string of the molecule is COc1ccc(S(=O)(=O)NCCc2csc(-c3ccncc3)n2)cc1. The minimum atomic E-state index is -3.54. The maximum absolute atomic E-state index is 12.3. The molecule has 0 aliphatic carbocycles. The van der Waals surface area contributed by atoms with Crippen molar-refractivity contribution in [3.8, 4) is 16.3 Å². The molecule has 1 aromatic carbocycles. The molecule has 0 bridgehead atoms. The Labute approximate surface area is 150 Å². The zero-order chi connectivity index (χ0) is 17.7. The van der Waals surface area contributed by atoms with Gasteiger partial charge in [-0.2, -0.15) is 0 Å². The number of nitrogens with one attached hydrogen (secondary N) is 1. The molecule has 0 saturated carbocycles. The summed E-state index contributed by atoms with van der Waals surface area (Å²) in [6.07, 6.45) is 3.97. The number of sulfonamides is 1. The first-order valence-electron chi connectivity index (χ1n) is 7.57. The Hall–Kier alpha value is -2.29. The molecule has 0 spiro atoms. The van der Waals surface area contributed by atoms with Crippen LogP contribution in [-0.4, -0.2) is 32.0 Å². The second-order valence-corrected chi connectivity index (χ2v) is 7.83. The van der Waals surface area contributed by atoms with Crippen LogP contribution in [-0.2, 0) is 16.4 Å². The van der Waals surface area contributed by atoms with Gasteiger partial charge in [0.15, 0.2) is 0 Å². The van der Waals surface area contributed by atoms with E-state index in [2.05, 4.69) is 14.7 Å². The molecule has 0 saturated heterocycles. The minimum absolute atomic E-state index is 0.212. The summed E-state index contributed by atoms with van der Waals surface area (Å²) in [7, 11) is -2.00. The van der Waals surface area contributed by atoms with Gasteiger partial charge in [-0.1, -0.05) is 0 Å². The van der Waals surface area contributed by atoms with Crippen molar-refractivity contribution in [3.63, 3.8) is 0 Å². The van der Waals surface area contributed by atoms with Crippen molar-refractivity contribution in [2.75, 3.05) is 13.7 Å². The lowest BCUT2D eigenvalue weighted by molar-refractivity contribution is 0.414. The van der Waals surface area contributed by atoms with E-state index in [1.807, 2.05) is 17.5 Å². The lowest BCUT2D eigenvalue weighted by atomic mass is 10.3. The van der Waals surface area contributed by atoms with Crippen LogP contribution in [0.4, 0.5) is 0 Å². The second-order valence-electron chi connectivity index (χ2n) is 5.20. The van der Waals surface area contributed by atoms with Gasteiger partial charge in [-0.25, -0.2) is 18.1 Å². The van der Waals surface area contributed by atoms with E-state index in [1.54, 1.807) is 24.5 Å². The van der Waals surface area contributed by atoms with Crippen LogP contribution in [0, 0.1) is 0 Å². The minimum Gasteiger partial charge on any atom is -0.497 e. The zero-order valence-corrected chi connectivity index (χ0v) is 15.2. The predicted molar refractivity (Wildman–Crippen MR) is 97.2 cm³/mol. The molecule has 1 N–H and O–H groups in total. The van der Waals surface area contributed by atoms with Crippen molar-refractivity contribution < 1.29 is 13.2 Å². The summed E-state index contributed by atoms with van der Waals surface area (Å²) in [4.78, 5) is 8.73. The summed E-state index contributed by atoms with van der Waals surface area (Å²) in [6.45, 7) is 0.286. The highest BCUT2D eigenvalue weighted by Gasteiger charge is 2.14. The highest BCUT2D eigenvalue weighted by atomic mass is 32.2. The third-order valence-corrected chi connectivity index (χ3v) is 5.94. The summed E-state index contributed by atoms with van der Waals surface area (Å²) in [5.74, 6) is 0.616. The van der Waals surface area contributed by atoms with Crippen molar-refractivity contribution >= 4 is 21.4 Å². The third kappa shape index (κ3) is 4.41. The second kappa shape index (κ2) is 7.73. The van der Waals surface area contributed by atoms with Gasteiger partial charge in [0.2, 0.25) is 10.0 Å². The van der Waals surface area contributed by atoms with Crippen LogP contribution in [0.1, 0.15) is 5.69 Å². The summed E-state index contributed by atoms with van der Waals surface area (Å²) in [5, 5.41) is 2.84. The van der Waals surface area contributed by atoms with E-state index in [-0.39, 0.29) is 11.4 Å². The van der Waals surface area contributed by atoms with E-state index in [4.69, 9.17) is 4.74 Å². The first-order valence-corrected chi connectivity index (χ1v) is 9.93. The third-order valence-electron chi connectivity index (χ3n) is 3.52. The van der Waals surface area contributed by atoms with Crippen LogP contribution in [0.3, 0.4) is 0 Å². The monoisotopic (exact) mass is 375 g/mol. The standard InChI is InChI=1S/C17H17N3O3S2/c1-23-15-2-4-16(5-3-15)25(21,22)19-11-8-14-12-24-17(20-14)13-6-9-18-10-7-13/h2-7,9-10,12,19H,8,11H2,1H3. The largest absolute Gasteiger partial charge is 0.497 e. The number of rotatable bonds is 7. The van der Waals surface area contributed by atoms with Crippen LogP contribution in [0.5, 0.6) is 5.75 Å². The predicted octanol–water partition coefficient (Wildman–Crippen LogP) is 2.73. The lowest BCUT2D eigenvalue weighted by Crippen LogP contribution is -2.26. The van der Waals surface area contributed by atoms with Crippen molar-refractivity contribution in [1.82, 2.24) is 14.7 Å². The van der Waals surface area contributed by atoms with E-state index in [0.717, 1.165) is 16.3 Å². The number of hydrogen-bond donors (Lipinski definition) is 1. The summed E-state index contributed by atoms with van der Waals surface area (Å²) in [6, 6.07) is 10.1. The van der Waals surface area contributed by atoms with Crippen molar-refractivity contribution in [3.05, 3.63) is 59.9 Å². The molecule has 0 aliphatic heterocycles. The van der Waals surface area contributed by atoms with E-state index in [9.17, 15) is 8.42 Å². The van der Waals surface area contributed by atoms with Crippen LogP contribution in [0.25, 0.3) is 10.6 Å². The fraction of sp³-hybridized carbons (Fsp3) is 0.176. The molecular formula is C17H17N3O3S2. The first-order chi connectivity index (χ1) is 12.1. The first kappa shape index (κ1) is 17.5. The molecule has 0 radical (unpaired) electrons. The number of benzene rings is 1. The Kier molecular flexibility index (Phi) is 5.42. The van der Waals surface area contributed by atoms with E-state index in [0.29, 0.717) is 12.2 Å². The average Bonchev–Trinajstić information content (AvgIpc) is 3.11. The van der Waals surface area contributed by atoms with Gasteiger partial charge in [-0.3, -0.25) is 4.98 Å². The quantitative estimate of drug-likeness (QED) is 0.687. The number of nitrogens with zero attached hydrogens (tertiary/aromatic N) is 2. The van der Waals surface area contributed by atoms with E-state index >= 15 is 0 Å². The van der Waals surface area contributed by atoms with Crippen LogP contribution in [0.2, 0.25) is 0 Å². The van der Waals surface area contributed by atoms with Gasteiger partial charge < -0.3 is 4.74 Å². The molecule has 0 fully saturated rings. The van der Waals surface area contributed by atoms with Gasteiger partial charge in [0.25, 0.3) is 0 Å². The molecular weight excluding hydrogens is 358 g/mol. The molecule has 8 heteroatoms. The molecule has 0 aliphatic rings. The Morgan fingerprint density at radius 1 is 1.12 bits per heavy atom. The zero-order valence-electron chi connectivity index (χ0n) is 13.5. The smallest absolute Gasteiger partial charge is 0.240 e. The maximum atomic E-state index is 12.3. The highest BCUT2D eigenvalue weighted by molar-refractivity contribution is 7.89. The van der Waals surface area contributed by atoms with E-state index in [1.165, 1.54) is 30.6 Å². The molecule has 0 atom stereocenters. The van der Waals surface area contributed by atoms with E-state index < -0.39 is 10.0 Å². The molecule has 2 aromatic heterocycles. The average molecular weight is 375 g/mol. The molecule has 130 valence electrons. The number of thiazole rings is 1. The lowest BCUT2D eigenvalue weighted by Gasteiger charge is -2.06. The summed E-state index contributed by atoms with van der Waals surface area (Å²) in [5.41, 5.74) is 1.86. The van der Waals surface area contributed by atoms with Gasteiger partial charge in [0.05, 0.1) is 17.7 Å². The molecule has 0 unspecified atom stereocenters. The molecule has 25 heavy (non-hydrogen) atoms. The van der Waals surface area contributed by atoms with Crippen molar-refractivity contribution in [2.45, 2.75) is 11.3 Å². The molecule has 6 nitrogen and oxygen atoms in total. The molecule has 2 heterocycles. The highest BCUT2D eigenvalue weighted by Crippen LogP contribution is 2.23. The number of aromatic nitrogens is 2. The molecule has 3 rings (SSSR count). The Bertz CT molecular complexity index is 923. The van der Waals surface area contributed by atoms with Gasteiger partial charge in [0.1, 0.15) is 10.8 Å². The molecule has 0 amide bonds. The van der Waals surface area contributed by atoms with Crippen LogP contribution in [0.15, 0.2) is 59.1 Å². The van der Waals surface area contributed by atoms with Crippen LogP contribution < -0.4 is 9.46 Å². The Morgan fingerprint density at radius 3 is 2.52 bits per heavy atom. The number of pyridine rings is 1. The summed E-state index contributed by atoms with van der Waals surface area (Å²) < 4.78 is 32.2. The normalized spacial score (nSPS) is 11.4. The topological polar surface area (TPSA) is 81.2 Å². The number of methoxy groups -OCH3 is 1. The van der Waals surface area contributed by atoms with Gasteiger partial charge in [-0.05, 0) is 36.4 Å². The fourth-order valence-electron chi connectivity index (χ4n) is 2.20. The number of hydrogen-bond acceptors (Lipinski definition) is 6. The Balaban J connectivity index is 1.59. The van der Waals surface area contributed by atoms with Crippen molar-refractivity contribution in [1.29, 1.82) is 0 Å². The van der Waals surface area contributed by atoms with Gasteiger partial charge >= 0.3 is 0 Å².